The second-order valence-electron chi connectivity index (χ2n) is 4.21. The van der Waals surface area contributed by atoms with Crippen molar-refractivity contribution in [3.05, 3.63) is 66.1 Å². The van der Waals surface area contributed by atoms with E-state index in [1.807, 2.05) is 12.1 Å². The number of aromatic nitrogens is 1. The molecule has 0 aliphatic rings. The van der Waals surface area contributed by atoms with E-state index in [2.05, 4.69) is 10.3 Å². The first kappa shape index (κ1) is 11.5. The van der Waals surface area contributed by atoms with Crippen LogP contribution in [0.25, 0.3) is 10.9 Å². The summed E-state index contributed by atoms with van der Waals surface area (Å²) < 4.78 is 13.1. The zero-order valence-electron chi connectivity index (χ0n) is 9.98. The monoisotopic (exact) mass is 254 g/mol. The Morgan fingerprint density at radius 2 is 1.95 bits per heavy atom. The largest absolute Gasteiger partial charge is 0.361 e. The summed E-state index contributed by atoms with van der Waals surface area (Å²) in [7, 11) is 0. The Morgan fingerprint density at radius 1 is 1.11 bits per heavy atom. The maximum absolute atomic E-state index is 13.1. The van der Waals surface area contributed by atoms with E-state index < -0.39 is 0 Å². The Hall–Kier alpha value is -2.62. The fraction of sp³-hybridized carbons (Fsp3) is 0. The number of carbonyl (C=O) groups excluding carboxylic acids is 1. The lowest BCUT2D eigenvalue weighted by Crippen LogP contribution is -2.12. The molecule has 0 atom stereocenters. The van der Waals surface area contributed by atoms with Gasteiger partial charge in [0.05, 0.1) is 0 Å². The van der Waals surface area contributed by atoms with Crippen LogP contribution in [0.3, 0.4) is 0 Å². The van der Waals surface area contributed by atoms with Gasteiger partial charge in [0.1, 0.15) is 5.82 Å². The Kier molecular flexibility index (Phi) is 2.76. The lowest BCUT2D eigenvalue weighted by Gasteiger charge is -2.06. The summed E-state index contributed by atoms with van der Waals surface area (Å²) in [6.07, 6.45) is 1.78. The van der Waals surface area contributed by atoms with E-state index in [1.54, 1.807) is 30.5 Å². The van der Waals surface area contributed by atoms with Crippen molar-refractivity contribution in [3.63, 3.8) is 0 Å². The van der Waals surface area contributed by atoms with E-state index in [4.69, 9.17) is 0 Å². The zero-order valence-corrected chi connectivity index (χ0v) is 9.98. The number of hydrogen-bond acceptors (Lipinski definition) is 1. The quantitative estimate of drug-likeness (QED) is 0.721. The van der Waals surface area contributed by atoms with E-state index in [0.29, 0.717) is 11.3 Å². The van der Waals surface area contributed by atoms with E-state index >= 15 is 0 Å². The number of aromatic amines is 1. The summed E-state index contributed by atoms with van der Waals surface area (Å²) in [6, 6.07) is 13.1. The fourth-order valence-corrected chi connectivity index (χ4v) is 2.05. The minimum Gasteiger partial charge on any atom is -0.361 e. The second kappa shape index (κ2) is 4.57. The summed E-state index contributed by atoms with van der Waals surface area (Å²) >= 11 is 0. The van der Waals surface area contributed by atoms with Crippen molar-refractivity contribution in [2.75, 3.05) is 5.32 Å². The molecule has 0 bridgehead atoms. The highest BCUT2D eigenvalue weighted by Crippen LogP contribution is 2.19. The first-order valence-electron chi connectivity index (χ1n) is 5.87. The predicted molar refractivity (Wildman–Crippen MR) is 72.7 cm³/mol. The highest BCUT2D eigenvalue weighted by atomic mass is 19.1. The molecule has 0 aliphatic carbocycles. The number of fused-ring (bicyclic) bond motifs is 1. The van der Waals surface area contributed by atoms with Gasteiger partial charge >= 0.3 is 0 Å². The molecule has 1 amide bonds. The first-order valence-corrected chi connectivity index (χ1v) is 5.87. The van der Waals surface area contributed by atoms with Gasteiger partial charge in [0.2, 0.25) is 0 Å². The van der Waals surface area contributed by atoms with Gasteiger partial charge in [0, 0.05) is 28.4 Å². The van der Waals surface area contributed by atoms with Crippen molar-refractivity contribution in [2.45, 2.75) is 0 Å². The minimum atomic E-state index is -0.377. The number of amides is 1. The Bertz CT molecular complexity index is 748. The number of hydrogen-bond donors (Lipinski definition) is 2. The molecule has 0 unspecified atom stereocenters. The maximum Gasteiger partial charge on any atom is 0.256 e. The molecule has 4 heteroatoms. The molecule has 2 N–H and O–H groups in total. The number of carbonyl (C=O) groups is 1. The Morgan fingerprint density at radius 3 is 2.79 bits per heavy atom. The summed E-state index contributed by atoms with van der Waals surface area (Å²) in [5.74, 6) is -0.631. The minimum absolute atomic E-state index is 0.254. The number of rotatable bonds is 2. The molecule has 0 spiro atoms. The second-order valence-corrected chi connectivity index (χ2v) is 4.21. The number of H-pyrrole nitrogens is 1. The Labute approximate surface area is 109 Å². The van der Waals surface area contributed by atoms with Gasteiger partial charge in [-0.25, -0.2) is 4.39 Å². The van der Waals surface area contributed by atoms with Crippen LogP contribution < -0.4 is 5.32 Å². The van der Waals surface area contributed by atoms with Crippen molar-refractivity contribution in [1.29, 1.82) is 0 Å². The van der Waals surface area contributed by atoms with Crippen molar-refractivity contribution in [2.24, 2.45) is 0 Å². The normalized spacial score (nSPS) is 10.6. The lowest BCUT2D eigenvalue weighted by molar-refractivity contribution is 0.102. The van der Waals surface area contributed by atoms with Gasteiger partial charge in [-0.2, -0.15) is 0 Å². The van der Waals surface area contributed by atoms with E-state index in [-0.39, 0.29) is 11.7 Å². The van der Waals surface area contributed by atoms with Crippen LogP contribution in [0.2, 0.25) is 0 Å². The van der Waals surface area contributed by atoms with Crippen LogP contribution in [-0.4, -0.2) is 10.9 Å². The molecule has 0 fully saturated rings. The van der Waals surface area contributed by atoms with Gasteiger partial charge in [-0.05, 0) is 36.4 Å². The number of benzene rings is 2. The topological polar surface area (TPSA) is 44.9 Å². The average Bonchev–Trinajstić information content (AvgIpc) is 2.86. The first-order chi connectivity index (χ1) is 9.24. The molecule has 94 valence electrons. The summed E-state index contributed by atoms with van der Waals surface area (Å²) in [5, 5.41) is 3.53. The molecule has 3 nitrogen and oxygen atoms in total. The molecule has 19 heavy (non-hydrogen) atoms. The van der Waals surface area contributed by atoms with Crippen LogP contribution in [-0.2, 0) is 0 Å². The molecular formula is C15H11FN2O. The summed E-state index contributed by atoms with van der Waals surface area (Å²) in [5.41, 5.74) is 1.90. The smallest absolute Gasteiger partial charge is 0.256 e. The molecule has 3 rings (SSSR count). The third-order valence-electron chi connectivity index (χ3n) is 2.92. The van der Waals surface area contributed by atoms with Crippen LogP contribution in [0.15, 0.2) is 54.7 Å². The lowest BCUT2D eigenvalue weighted by atomic mass is 10.1. The zero-order chi connectivity index (χ0) is 13.2. The van der Waals surface area contributed by atoms with Crippen LogP contribution in [0, 0.1) is 5.82 Å². The van der Waals surface area contributed by atoms with Gasteiger partial charge in [0.15, 0.2) is 0 Å². The van der Waals surface area contributed by atoms with Crippen LogP contribution in [0.4, 0.5) is 10.1 Å². The van der Waals surface area contributed by atoms with E-state index in [0.717, 1.165) is 10.9 Å². The van der Waals surface area contributed by atoms with Gasteiger partial charge in [-0.1, -0.05) is 12.1 Å². The third-order valence-corrected chi connectivity index (χ3v) is 2.92. The Balaban J connectivity index is 1.94. The highest BCUT2D eigenvalue weighted by Gasteiger charge is 2.10. The fourth-order valence-electron chi connectivity index (χ4n) is 2.05. The molecule has 0 saturated heterocycles. The molecular weight excluding hydrogens is 243 g/mol. The van der Waals surface area contributed by atoms with Crippen LogP contribution in [0.1, 0.15) is 10.4 Å². The number of anilines is 1. The third kappa shape index (κ3) is 2.20. The molecule has 2 aromatic carbocycles. The van der Waals surface area contributed by atoms with Crippen LogP contribution in [0.5, 0.6) is 0 Å². The van der Waals surface area contributed by atoms with Crippen molar-refractivity contribution >= 4 is 22.5 Å². The molecule has 1 heterocycles. The highest BCUT2D eigenvalue weighted by molar-refractivity contribution is 6.12. The summed E-state index contributed by atoms with van der Waals surface area (Å²) in [4.78, 5) is 15.2. The van der Waals surface area contributed by atoms with E-state index in [1.165, 1.54) is 12.1 Å². The average molecular weight is 254 g/mol. The van der Waals surface area contributed by atoms with Crippen molar-refractivity contribution in [1.82, 2.24) is 4.98 Å². The van der Waals surface area contributed by atoms with Crippen LogP contribution >= 0.6 is 0 Å². The molecule has 3 aromatic rings. The number of nitrogens with one attached hydrogen (secondary N) is 2. The van der Waals surface area contributed by atoms with Crippen molar-refractivity contribution in [3.8, 4) is 0 Å². The molecule has 0 radical (unpaired) electrons. The van der Waals surface area contributed by atoms with Gasteiger partial charge < -0.3 is 10.3 Å². The van der Waals surface area contributed by atoms with Gasteiger partial charge in [-0.3, -0.25) is 4.79 Å². The van der Waals surface area contributed by atoms with E-state index in [9.17, 15) is 9.18 Å². The summed E-state index contributed by atoms with van der Waals surface area (Å²) in [6.45, 7) is 0. The predicted octanol–water partition coefficient (Wildman–Crippen LogP) is 3.56. The maximum atomic E-state index is 13.1. The number of halogens is 1. The van der Waals surface area contributed by atoms with Crippen molar-refractivity contribution < 1.29 is 9.18 Å². The molecule has 0 aliphatic heterocycles. The SMILES string of the molecule is O=C(Nc1cccc(F)c1)c1cccc2[nH]ccc12. The molecule has 1 aromatic heterocycles. The molecule has 0 saturated carbocycles. The van der Waals surface area contributed by atoms with Gasteiger partial charge in [0.25, 0.3) is 5.91 Å². The standard InChI is InChI=1S/C15H11FN2O/c16-10-3-1-4-11(9-10)18-15(19)13-5-2-6-14-12(13)7-8-17-14/h1-9,17H,(H,18,19). The van der Waals surface area contributed by atoms with Gasteiger partial charge in [-0.15, -0.1) is 0 Å².